The van der Waals surface area contributed by atoms with Gasteiger partial charge in [-0.3, -0.25) is 19.0 Å². The first-order valence-electron chi connectivity index (χ1n) is 10.8. The van der Waals surface area contributed by atoms with E-state index in [4.69, 9.17) is 4.74 Å². The average Bonchev–Trinajstić information content (AvgIpc) is 2.76. The molecule has 0 saturated heterocycles. The van der Waals surface area contributed by atoms with Crippen molar-refractivity contribution < 1.29 is 14.3 Å². The number of aryl methyl sites for hydroxylation is 2. The van der Waals surface area contributed by atoms with Crippen LogP contribution >= 0.6 is 11.8 Å². The molecule has 3 aromatic rings. The fourth-order valence-electron chi connectivity index (χ4n) is 3.51. The summed E-state index contributed by atoms with van der Waals surface area (Å²) < 4.78 is 6.69. The zero-order valence-corrected chi connectivity index (χ0v) is 20.4. The van der Waals surface area contributed by atoms with Crippen molar-refractivity contribution in [1.82, 2.24) is 14.9 Å². The molecule has 1 amide bonds. The molecule has 1 aromatic heterocycles. The van der Waals surface area contributed by atoms with Crippen molar-refractivity contribution in [2.24, 2.45) is 0 Å². The second-order valence-electron chi connectivity index (χ2n) is 8.23. The monoisotopic (exact) mass is 467 g/mol. The second kappa shape index (κ2) is 10.8. The van der Waals surface area contributed by atoms with Gasteiger partial charge in [-0.05, 0) is 51.5 Å². The van der Waals surface area contributed by atoms with Crippen molar-refractivity contribution in [2.75, 3.05) is 19.5 Å². The quantitative estimate of drug-likeness (QED) is 0.293. The molecule has 0 unspecified atom stereocenters. The number of ketones is 1. The lowest BCUT2D eigenvalue weighted by molar-refractivity contribution is 0.0942. The number of carbonyl (C=O) groups excluding carboxylic acids is 2. The molecule has 3 rings (SSSR count). The van der Waals surface area contributed by atoms with E-state index < -0.39 is 0 Å². The van der Waals surface area contributed by atoms with E-state index in [1.165, 1.54) is 16.3 Å². The van der Waals surface area contributed by atoms with Crippen molar-refractivity contribution in [1.29, 1.82) is 0 Å². The highest BCUT2D eigenvalue weighted by atomic mass is 32.2. The normalized spacial score (nSPS) is 11.2. The van der Waals surface area contributed by atoms with Crippen molar-refractivity contribution in [2.45, 2.75) is 45.4 Å². The van der Waals surface area contributed by atoms with Crippen molar-refractivity contribution in [3.63, 3.8) is 0 Å². The van der Waals surface area contributed by atoms with Crippen LogP contribution in [0.2, 0.25) is 0 Å². The molecule has 1 heterocycles. The molecule has 8 heteroatoms. The number of Topliss-reactive ketones (excluding diaryl/α,β-unsaturated/α-hetero) is 1. The molecule has 0 radical (unpaired) electrons. The number of methoxy groups -OCH3 is 1. The van der Waals surface area contributed by atoms with E-state index in [2.05, 4.69) is 10.3 Å². The number of hydrogen-bond acceptors (Lipinski definition) is 6. The summed E-state index contributed by atoms with van der Waals surface area (Å²) in [5.74, 6) is -0.116. The minimum atomic E-state index is -0.227. The smallest absolute Gasteiger partial charge is 0.262 e. The van der Waals surface area contributed by atoms with Gasteiger partial charge >= 0.3 is 0 Å². The lowest BCUT2D eigenvalue weighted by atomic mass is 10.0. The molecule has 2 aromatic carbocycles. The molecule has 0 aliphatic heterocycles. The maximum Gasteiger partial charge on any atom is 0.262 e. The molecule has 0 aliphatic rings. The molecule has 0 atom stereocenters. The van der Waals surface area contributed by atoms with E-state index in [0.29, 0.717) is 40.3 Å². The number of nitrogens with one attached hydrogen (secondary N) is 1. The van der Waals surface area contributed by atoms with Gasteiger partial charge in [0.15, 0.2) is 10.9 Å². The van der Waals surface area contributed by atoms with Gasteiger partial charge in [-0.1, -0.05) is 35.5 Å². The molecular weight excluding hydrogens is 438 g/mol. The molecular formula is C25H29N3O4S. The Bertz CT molecular complexity index is 1250. The molecule has 0 spiro atoms. The van der Waals surface area contributed by atoms with Gasteiger partial charge in [0.05, 0.1) is 29.8 Å². The minimum absolute atomic E-state index is 0.00874. The van der Waals surface area contributed by atoms with Crippen LogP contribution < -0.4 is 10.9 Å². The van der Waals surface area contributed by atoms with E-state index in [1.54, 1.807) is 25.3 Å². The Kier molecular flexibility index (Phi) is 8.05. The minimum Gasteiger partial charge on any atom is -0.383 e. The predicted molar refractivity (Wildman–Crippen MR) is 131 cm³/mol. The molecule has 174 valence electrons. The molecule has 1 N–H and O–H groups in total. The first-order valence-corrected chi connectivity index (χ1v) is 11.8. The van der Waals surface area contributed by atoms with E-state index in [1.807, 2.05) is 45.9 Å². The maximum atomic E-state index is 13.2. The van der Waals surface area contributed by atoms with Gasteiger partial charge in [-0.25, -0.2) is 4.98 Å². The largest absolute Gasteiger partial charge is 0.383 e. The second-order valence-corrected chi connectivity index (χ2v) is 9.18. The third kappa shape index (κ3) is 5.89. The molecule has 0 saturated carbocycles. The lowest BCUT2D eigenvalue weighted by Gasteiger charge is -2.14. The van der Waals surface area contributed by atoms with Crippen molar-refractivity contribution in [3.05, 3.63) is 69.0 Å². The Morgan fingerprint density at radius 3 is 2.58 bits per heavy atom. The molecule has 0 fully saturated rings. The summed E-state index contributed by atoms with van der Waals surface area (Å²) in [5.41, 5.74) is 3.30. The SMILES string of the molecule is COCCn1c(SCC(=O)c2ccc(C)cc2C)nc2cc(C(=O)NC(C)C)ccc2c1=O. The fourth-order valence-corrected chi connectivity index (χ4v) is 4.42. The molecule has 0 bridgehead atoms. The zero-order chi connectivity index (χ0) is 24.1. The van der Waals surface area contributed by atoms with Crippen LogP contribution in [0.3, 0.4) is 0 Å². The number of fused-ring (bicyclic) bond motifs is 1. The Hall–Kier alpha value is -2.97. The van der Waals surface area contributed by atoms with Gasteiger partial charge < -0.3 is 10.1 Å². The van der Waals surface area contributed by atoms with Gasteiger partial charge in [-0.2, -0.15) is 0 Å². The maximum absolute atomic E-state index is 13.2. The van der Waals surface area contributed by atoms with Gasteiger partial charge in [0.25, 0.3) is 11.5 Å². The predicted octanol–water partition coefficient (Wildman–Crippen LogP) is 3.77. The zero-order valence-electron chi connectivity index (χ0n) is 19.6. The summed E-state index contributed by atoms with van der Waals surface area (Å²) >= 11 is 1.21. The van der Waals surface area contributed by atoms with Crippen molar-refractivity contribution in [3.8, 4) is 0 Å². The fraction of sp³-hybridized carbons (Fsp3) is 0.360. The summed E-state index contributed by atoms with van der Waals surface area (Å²) in [4.78, 5) is 43.1. The third-order valence-electron chi connectivity index (χ3n) is 5.14. The third-order valence-corrected chi connectivity index (χ3v) is 6.11. The van der Waals surface area contributed by atoms with E-state index >= 15 is 0 Å². The highest BCUT2D eigenvalue weighted by Gasteiger charge is 2.17. The van der Waals surface area contributed by atoms with Gasteiger partial charge in [-0.15, -0.1) is 0 Å². The molecule has 33 heavy (non-hydrogen) atoms. The van der Waals surface area contributed by atoms with Crippen LogP contribution in [0.15, 0.2) is 46.3 Å². The lowest BCUT2D eigenvalue weighted by Crippen LogP contribution is -2.30. The highest BCUT2D eigenvalue weighted by molar-refractivity contribution is 7.99. The van der Waals surface area contributed by atoms with E-state index in [9.17, 15) is 14.4 Å². The van der Waals surface area contributed by atoms with Crippen LogP contribution in [0.4, 0.5) is 0 Å². The first-order chi connectivity index (χ1) is 15.7. The van der Waals surface area contributed by atoms with Crippen LogP contribution in [-0.2, 0) is 11.3 Å². The number of aromatic nitrogens is 2. The molecule has 0 aliphatic carbocycles. The Balaban J connectivity index is 1.97. The van der Waals surface area contributed by atoms with Gasteiger partial charge in [0.1, 0.15) is 0 Å². The van der Waals surface area contributed by atoms with Crippen LogP contribution in [0.5, 0.6) is 0 Å². The molecule has 7 nitrogen and oxygen atoms in total. The number of rotatable bonds is 9. The number of benzene rings is 2. The number of thioether (sulfide) groups is 1. The van der Waals surface area contributed by atoms with Crippen LogP contribution in [0.25, 0.3) is 10.9 Å². The number of ether oxygens (including phenoxy) is 1. The van der Waals surface area contributed by atoms with Crippen LogP contribution in [0.1, 0.15) is 45.7 Å². The summed E-state index contributed by atoms with van der Waals surface area (Å²) in [6.07, 6.45) is 0. The van der Waals surface area contributed by atoms with E-state index in [0.717, 1.165) is 11.1 Å². The number of hydrogen-bond donors (Lipinski definition) is 1. The summed E-state index contributed by atoms with van der Waals surface area (Å²) in [7, 11) is 1.57. The standard InChI is InChI=1S/C25H29N3O4S/c1-15(2)26-23(30)18-7-9-20-21(13-18)27-25(28(24(20)31)10-11-32-5)33-14-22(29)19-8-6-16(3)12-17(19)4/h6-9,12-13,15H,10-11,14H2,1-5H3,(H,26,30). The van der Waals surface area contributed by atoms with Gasteiger partial charge in [0.2, 0.25) is 0 Å². The first kappa shape index (κ1) is 24.7. The van der Waals surface area contributed by atoms with Crippen LogP contribution in [0, 0.1) is 13.8 Å². The van der Waals surface area contributed by atoms with Crippen LogP contribution in [-0.4, -0.2) is 46.8 Å². The van der Waals surface area contributed by atoms with E-state index in [-0.39, 0.29) is 29.0 Å². The Morgan fingerprint density at radius 1 is 1.15 bits per heavy atom. The Labute approximate surface area is 197 Å². The number of carbonyl (C=O) groups is 2. The summed E-state index contributed by atoms with van der Waals surface area (Å²) in [6, 6.07) is 10.6. The number of nitrogens with zero attached hydrogens (tertiary/aromatic N) is 2. The van der Waals surface area contributed by atoms with Crippen molar-refractivity contribution >= 4 is 34.4 Å². The van der Waals surface area contributed by atoms with Gasteiger partial charge in [0, 0.05) is 24.3 Å². The topological polar surface area (TPSA) is 90.3 Å². The number of amides is 1. The highest BCUT2D eigenvalue weighted by Crippen LogP contribution is 2.21. The summed E-state index contributed by atoms with van der Waals surface area (Å²) in [5, 5.41) is 3.68. The summed E-state index contributed by atoms with van der Waals surface area (Å²) in [6.45, 7) is 8.31. The Morgan fingerprint density at radius 2 is 1.91 bits per heavy atom. The average molecular weight is 468 g/mol.